The lowest BCUT2D eigenvalue weighted by molar-refractivity contribution is -0.139. The van der Waals surface area contributed by atoms with Gasteiger partial charge in [0.2, 0.25) is 18.2 Å². The first-order chi connectivity index (χ1) is 29.5. The second kappa shape index (κ2) is 17.6. The minimum absolute atomic E-state index is 0.0258. The van der Waals surface area contributed by atoms with Crippen LogP contribution in [0.1, 0.15) is 96.0 Å². The number of carbonyl (C=O) groups excluding carboxylic acids is 4. The Labute approximate surface area is 355 Å². The largest absolute Gasteiger partial charge is 0.488 e. The number of H-pyrrole nitrogens is 2. The van der Waals surface area contributed by atoms with Crippen molar-refractivity contribution >= 4 is 46.1 Å². The number of nitrogens with zero attached hydrogens (tertiary/aromatic N) is 4. The minimum atomic E-state index is -0.741. The summed E-state index contributed by atoms with van der Waals surface area (Å²) in [6.07, 6.45) is 5.37. The zero-order valence-electron chi connectivity index (χ0n) is 35.7. The summed E-state index contributed by atoms with van der Waals surface area (Å²) in [6, 6.07) is 12.8. The van der Waals surface area contributed by atoms with Crippen molar-refractivity contribution in [2.24, 2.45) is 11.8 Å². The fraction of sp³-hybridized carbons (Fsp3) is 0.478. The molecule has 3 aliphatic heterocycles. The van der Waals surface area contributed by atoms with Gasteiger partial charge in [-0.3, -0.25) is 14.4 Å². The predicted octanol–water partition coefficient (Wildman–Crippen LogP) is 6.94. The van der Waals surface area contributed by atoms with E-state index in [1.54, 1.807) is 4.90 Å². The maximum atomic E-state index is 14.3. The summed E-state index contributed by atoms with van der Waals surface area (Å²) in [6.45, 7) is 11.8. The predicted molar refractivity (Wildman–Crippen MR) is 230 cm³/mol. The number of aromatic nitrogens is 4. The molecular weight excluding hydrogens is 777 g/mol. The van der Waals surface area contributed by atoms with E-state index >= 15 is 0 Å². The zero-order valence-corrected chi connectivity index (χ0v) is 35.7. The number of benzene rings is 3. The lowest BCUT2D eigenvalue weighted by Gasteiger charge is -2.36. The van der Waals surface area contributed by atoms with Gasteiger partial charge in [0.05, 0.1) is 42.1 Å². The summed E-state index contributed by atoms with van der Waals surface area (Å²) in [7, 11) is 1.30. The summed E-state index contributed by atoms with van der Waals surface area (Å²) in [5, 5.41) is 7.50. The molecule has 4 N–H and O–H groups in total. The van der Waals surface area contributed by atoms with Crippen molar-refractivity contribution in [2.75, 3.05) is 26.9 Å². The van der Waals surface area contributed by atoms with Crippen LogP contribution in [0.4, 0.5) is 4.79 Å². The van der Waals surface area contributed by atoms with Gasteiger partial charge >= 0.3 is 6.09 Å². The highest BCUT2D eigenvalue weighted by Crippen LogP contribution is 2.43. The minimum Gasteiger partial charge on any atom is -0.488 e. The van der Waals surface area contributed by atoms with E-state index in [-0.39, 0.29) is 41.8 Å². The van der Waals surface area contributed by atoms with Gasteiger partial charge in [-0.15, -0.1) is 0 Å². The van der Waals surface area contributed by atoms with Crippen LogP contribution in [0.3, 0.4) is 0 Å². The molecule has 3 aromatic carbocycles. The molecule has 3 aliphatic rings. The number of aromatic amines is 2. The van der Waals surface area contributed by atoms with Gasteiger partial charge in [0.1, 0.15) is 36.1 Å². The van der Waals surface area contributed by atoms with Crippen molar-refractivity contribution in [1.29, 1.82) is 0 Å². The van der Waals surface area contributed by atoms with Gasteiger partial charge in [-0.1, -0.05) is 39.0 Å². The van der Waals surface area contributed by atoms with Crippen LogP contribution in [0, 0.1) is 11.8 Å². The van der Waals surface area contributed by atoms with E-state index in [0.29, 0.717) is 57.9 Å². The number of rotatable bonds is 13. The highest BCUT2D eigenvalue weighted by molar-refractivity contribution is 6.07. The molecule has 2 saturated heterocycles. The molecule has 15 heteroatoms. The fourth-order valence-corrected chi connectivity index (χ4v) is 9.58. The smallest absolute Gasteiger partial charge is 0.407 e. The van der Waals surface area contributed by atoms with Crippen LogP contribution >= 0.6 is 0 Å². The fourth-order valence-electron chi connectivity index (χ4n) is 9.58. The summed E-state index contributed by atoms with van der Waals surface area (Å²) in [5.41, 5.74) is 6.59. The number of hydrogen-bond donors (Lipinski definition) is 4. The van der Waals surface area contributed by atoms with Crippen LogP contribution < -0.4 is 15.4 Å². The molecule has 322 valence electrons. The quantitative estimate of drug-likeness (QED) is 0.0914. The van der Waals surface area contributed by atoms with Crippen molar-refractivity contribution in [3.05, 3.63) is 65.9 Å². The number of carbonyl (C=O) groups is 4. The molecule has 0 aliphatic carbocycles. The molecular formula is C46H56N8O7. The van der Waals surface area contributed by atoms with Crippen molar-refractivity contribution in [3.63, 3.8) is 0 Å². The molecule has 5 heterocycles. The van der Waals surface area contributed by atoms with E-state index in [4.69, 9.17) is 24.2 Å². The van der Waals surface area contributed by atoms with Crippen LogP contribution in [0.2, 0.25) is 0 Å². The van der Waals surface area contributed by atoms with E-state index in [2.05, 4.69) is 57.0 Å². The van der Waals surface area contributed by atoms with E-state index in [0.717, 1.165) is 74.2 Å². The molecule has 0 bridgehead atoms. The van der Waals surface area contributed by atoms with Gasteiger partial charge in [0.15, 0.2) is 0 Å². The molecule has 15 nitrogen and oxygen atoms in total. The molecule has 5 aromatic rings. The number of hydrogen-bond acceptors (Lipinski definition) is 9. The van der Waals surface area contributed by atoms with Crippen LogP contribution in [0.5, 0.6) is 5.75 Å². The number of methoxy groups -OCH3 is 1. The zero-order chi connectivity index (χ0) is 42.9. The number of fused-ring (bicyclic) bond motifs is 6. The van der Waals surface area contributed by atoms with Gasteiger partial charge < -0.3 is 44.6 Å². The van der Waals surface area contributed by atoms with E-state index in [1.807, 2.05) is 51.8 Å². The third-order valence-electron chi connectivity index (χ3n) is 12.9. The maximum Gasteiger partial charge on any atom is 0.407 e. The third-order valence-corrected chi connectivity index (χ3v) is 12.9. The summed E-state index contributed by atoms with van der Waals surface area (Å²) in [5.74, 6) is 1.80. The Morgan fingerprint density at radius 1 is 1.03 bits per heavy atom. The third kappa shape index (κ3) is 7.91. The Morgan fingerprint density at radius 2 is 1.84 bits per heavy atom. The lowest BCUT2D eigenvalue weighted by Crippen LogP contribution is -2.54. The molecule has 0 spiro atoms. The highest BCUT2D eigenvalue weighted by Gasteiger charge is 2.41. The number of likely N-dealkylation sites (N-methyl/N-ethyl adjacent to an activating group) is 1. The van der Waals surface area contributed by atoms with Crippen LogP contribution in [0.25, 0.3) is 44.2 Å². The van der Waals surface area contributed by atoms with E-state index < -0.39 is 18.2 Å². The normalized spacial score (nSPS) is 19.2. The Morgan fingerprint density at radius 3 is 2.56 bits per heavy atom. The summed E-state index contributed by atoms with van der Waals surface area (Å²) < 4.78 is 16.9. The second-order valence-electron chi connectivity index (χ2n) is 16.8. The molecule has 8 rings (SSSR count). The summed E-state index contributed by atoms with van der Waals surface area (Å²) in [4.78, 5) is 72.3. The SMILES string of the molecule is CCC(c1nc2c(ccc3cc4c(cc32)OCc2cc(-c3cnc([C@@H]5CC[C@H](C)N5C(=O)C(NC=O)C(C)C)[nH]3)ccc2-4)[nH]1)N(CC)C(=O)[C@@H](NC(=O)OC)C1CCOCC1. The first-order valence-corrected chi connectivity index (χ1v) is 21.6. The number of ether oxygens (including phenoxy) is 3. The van der Waals surface area contributed by atoms with Crippen LogP contribution in [0.15, 0.2) is 48.7 Å². The average molecular weight is 833 g/mol. The number of amides is 4. The molecule has 0 saturated carbocycles. The first kappa shape index (κ1) is 41.8. The molecule has 61 heavy (non-hydrogen) atoms. The number of imidazole rings is 2. The molecule has 2 aromatic heterocycles. The second-order valence-corrected chi connectivity index (χ2v) is 16.8. The molecule has 2 fully saturated rings. The lowest BCUT2D eigenvalue weighted by atomic mass is 9.90. The van der Waals surface area contributed by atoms with E-state index in [9.17, 15) is 19.2 Å². The maximum absolute atomic E-state index is 14.3. The van der Waals surface area contributed by atoms with Crippen LogP contribution in [-0.4, -0.2) is 99.0 Å². The van der Waals surface area contributed by atoms with Gasteiger partial charge in [0.25, 0.3) is 0 Å². The molecule has 5 atom stereocenters. The molecule has 4 amide bonds. The number of nitrogens with one attached hydrogen (secondary N) is 4. The van der Waals surface area contributed by atoms with Gasteiger partial charge in [-0.25, -0.2) is 14.8 Å². The monoisotopic (exact) mass is 832 g/mol. The Kier molecular flexibility index (Phi) is 12.0. The van der Waals surface area contributed by atoms with Crippen LogP contribution in [-0.2, 0) is 30.5 Å². The van der Waals surface area contributed by atoms with Gasteiger partial charge in [-0.2, -0.15) is 0 Å². The van der Waals surface area contributed by atoms with Crippen molar-refractivity contribution in [2.45, 2.75) is 104 Å². The van der Waals surface area contributed by atoms with Gasteiger partial charge in [-0.05, 0) is 104 Å². The standard InChI is InChI=1S/C46H56N8O7/c1-7-36(53(8-2)44(56)40(52-46(58)59-6)27-15-17-60-18-16-27)43-49-34-13-11-28-20-33-31-12-10-29(19-30(31)23-61-38(33)21-32(28)41(34)51-43)35-22-47-42(50-35)37-14-9-26(5)54(37)45(57)39(25(3)4)48-24-55/h10-13,19-22,24-27,36-37,39-40H,7-9,14-18,23H2,1-6H3,(H,47,50)(H,48,55)(H,49,51)(H,52,58)/t26-,36?,37-,39?,40-/m0/s1. The topological polar surface area (TPSA) is 184 Å². The Bertz CT molecular complexity index is 2440. The molecule has 0 radical (unpaired) electrons. The Hall–Kier alpha value is -5.96. The molecule has 2 unspecified atom stereocenters. The number of alkyl carbamates (subject to hydrolysis) is 1. The first-order valence-electron chi connectivity index (χ1n) is 21.6. The van der Waals surface area contributed by atoms with E-state index in [1.165, 1.54) is 7.11 Å². The number of likely N-dealkylation sites (tertiary alicyclic amines) is 1. The average Bonchev–Trinajstić information content (AvgIpc) is 4.04. The Balaban J connectivity index is 1.05. The van der Waals surface area contributed by atoms with Gasteiger partial charge in [0, 0.05) is 36.8 Å². The van der Waals surface area contributed by atoms with Crippen molar-refractivity contribution in [3.8, 4) is 28.1 Å². The summed E-state index contributed by atoms with van der Waals surface area (Å²) >= 11 is 0. The van der Waals surface area contributed by atoms with Crippen molar-refractivity contribution in [1.82, 2.24) is 40.4 Å². The van der Waals surface area contributed by atoms with Crippen molar-refractivity contribution < 1.29 is 33.4 Å². The highest BCUT2D eigenvalue weighted by atomic mass is 16.5.